The molecular weight excluding hydrogens is 382 g/mol. The van der Waals surface area contributed by atoms with Crippen molar-refractivity contribution < 1.29 is 9.59 Å². The Hall–Kier alpha value is -4.11. The van der Waals surface area contributed by atoms with Crippen molar-refractivity contribution in [3.8, 4) is 0 Å². The van der Waals surface area contributed by atoms with E-state index in [0.29, 0.717) is 16.8 Å². The van der Waals surface area contributed by atoms with Gasteiger partial charge in [0.15, 0.2) is 0 Å². The van der Waals surface area contributed by atoms with E-state index in [1.54, 1.807) is 12.1 Å². The van der Waals surface area contributed by atoms with Crippen molar-refractivity contribution in [3.05, 3.63) is 138 Å². The molecule has 0 bridgehead atoms. The van der Waals surface area contributed by atoms with E-state index in [9.17, 15) is 9.59 Å². The first-order chi connectivity index (χ1) is 15.2. The van der Waals surface area contributed by atoms with E-state index in [0.717, 1.165) is 16.8 Å². The van der Waals surface area contributed by atoms with E-state index in [1.807, 2.05) is 103 Å². The number of ketones is 2. The van der Waals surface area contributed by atoms with Crippen LogP contribution in [-0.4, -0.2) is 17.3 Å². The number of Topliss-reactive ketones (excluding diaryl/α,β-unsaturated/α-hetero) is 2. The molecule has 0 aromatic heterocycles. The van der Waals surface area contributed by atoms with Gasteiger partial charge < -0.3 is 0 Å². The molecule has 1 aliphatic rings. The zero-order chi connectivity index (χ0) is 21.3. The van der Waals surface area contributed by atoms with E-state index in [-0.39, 0.29) is 0 Å². The number of benzene rings is 4. The summed E-state index contributed by atoms with van der Waals surface area (Å²) in [7, 11) is 0. The van der Waals surface area contributed by atoms with E-state index in [4.69, 9.17) is 4.99 Å². The first-order valence-electron chi connectivity index (χ1n) is 10.2. The molecule has 148 valence electrons. The number of carbonyl (C=O) groups is 2. The second-order valence-electron chi connectivity index (χ2n) is 7.48. The molecule has 1 aliphatic carbocycles. The van der Waals surface area contributed by atoms with Gasteiger partial charge in [0.25, 0.3) is 0 Å². The van der Waals surface area contributed by atoms with Crippen LogP contribution in [0.2, 0.25) is 0 Å². The summed E-state index contributed by atoms with van der Waals surface area (Å²) in [4.78, 5) is 32.0. The van der Waals surface area contributed by atoms with Crippen LogP contribution >= 0.6 is 0 Å². The van der Waals surface area contributed by atoms with Crippen LogP contribution in [-0.2, 0) is 10.2 Å². The summed E-state index contributed by atoms with van der Waals surface area (Å²) in [6.45, 7) is 0. The standard InChI is InChI=1S/C28H19NO2/c30-25-23-18-10-11-19-24(23)28(27(25)31,21-14-6-2-7-15-21)26(20-12-4-1-5-13-20)29-22-16-8-3-9-17-22/h1-19H. The van der Waals surface area contributed by atoms with Crippen LogP contribution < -0.4 is 0 Å². The van der Waals surface area contributed by atoms with Crippen LogP contribution in [0.1, 0.15) is 27.0 Å². The summed E-state index contributed by atoms with van der Waals surface area (Å²) >= 11 is 0. The smallest absolute Gasteiger partial charge is 0.230 e. The Morgan fingerprint density at radius 3 is 1.84 bits per heavy atom. The predicted molar refractivity (Wildman–Crippen MR) is 122 cm³/mol. The Bertz CT molecular complexity index is 1290. The Balaban J connectivity index is 1.92. The minimum Gasteiger partial charge on any atom is -0.289 e. The number of aliphatic imine (C=N–C) groups is 1. The molecule has 4 aromatic rings. The monoisotopic (exact) mass is 401 g/mol. The Morgan fingerprint density at radius 2 is 1.16 bits per heavy atom. The first kappa shape index (κ1) is 18.9. The van der Waals surface area contributed by atoms with Crippen LogP contribution in [0, 0.1) is 0 Å². The van der Waals surface area contributed by atoms with E-state index in [2.05, 4.69) is 0 Å². The second kappa shape index (κ2) is 7.62. The maximum Gasteiger partial charge on any atom is 0.230 e. The minimum absolute atomic E-state index is 0.438. The average Bonchev–Trinajstić information content (AvgIpc) is 3.07. The van der Waals surface area contributed by atoms with Gasteiger partial charge in [-0.25, -0.2) is 0 Å². The van der Waals surface area contributed by atoms with Gasteiger partial charge in [-0.05, 0) is 28.8 Å². The van der Waals surface area contributed by atoms with Crippen molar-refractivity contribution in [3.63, 3.8) is 0 Å². The lowest BCUT2D eigenvalue weighted by molar-refractivity contribution is -0.116. The van der Waals surface area contributed by atoms with Gasteiger partial charge in [0.05, 0.1) is 11.4 Å². The fourth-order valence-electron chi connectivity index (χ4n) is 4.36. The minimum atomic E-state index is -1.31. The van der Waals surface area contributed by atoms with Gasteiger partial charge in [-0.15, -0.1) is 0 Å². The molecule has 1 atom stereocenters. The molecule has 0 N–H and O–H groups in total. The van der Waals surface area contributed by atoms with Crippen molar-refractivity contribution >= 4 is 23.0 Å². The molecule has 5 rings (SSSR count). The van der Waals surface area contributed by atoms with Gasteiger partial charge >= 0.3 is 0 Å². The molecule has 3 nitrogen and oxygen atoms in total. The molecule has 0 saturated heterocycles. The molecular formula is C28H19NO2. The average molecular weight is 401 g/mol. The highest BCUT2D eigenvalue weighted by molar-refractivity contribution is 6.56. The van der Waals surface area contributed by atoms with Crippen LogP contribution in [0.5, 0.6) is 0 Å². The summed E-state index contributed by atoms with van der Waals surface area (Å²) in [5.41, 5.74) is 2.61. The lowest BCUT2D eigenvalue weighted by Gasteiger charge is -2.31. The zero-order valence-corrected chi connectivity index (χ0v) is 16.7. The topological polar surface area (TPSA) is 46.5 Å². The summed E-state index contributed by atoms with van der Waals surface area (Å²) < 4.78 is 0. The lowest BCUT2D eigenvalue weighted by Crippen LogP contribution is -2.44. The Morgan fingerprint density at radius 1 is 0.613 bits per heavy atom. The van der Waals surface area contributed by atoms with Crippen LogP contribution in [0.3, 0.4) is 0 Å². The van der Waals surface area contributed by atoms with Crippen molar-refractivity contribution in [1.82, 2.24) is 0 Å². The third kappa shape index (κ3) is 2.94. The largest absolute Gasteiger partial charge is 0.289 e. The molecule has 31 heavy (non-hydrogen) atoms. The van der Waals surface area contributed by atoms with Crippen LogP contribution in [0.4, 0.5) is 5.69 Å². The molecule has 0 saturated carbocycles. The summed E-state index contributed by atoms with van der Waals surface area (Å²) in [5, 5.41) is 0. The van der Waals surface area contributed by atoms with E-state index >= 15 is 0 Å². The van der Waals surface area contributed by atoms with E-state index in [1.165, 1.54) is 0 Å². The lowest BCUT2D eigenvalue weighted by atomic mass is 9.69. The number of fused-ring (bicyclic) bond motifs is 1. The highest BCUT2D eigenvalue weighted by Gasteiger charge is 2.56. The summed E-state index contributed by atoms with van der Waals surface area (Å²) in [6, 6.07) is 35.9. The molecule has 0 amide bonds. The SMILES string of the molecule is O=C1C(=O)C(C(=Nc2ccccc2)c2ccccc2)(c2ccccc2)c2ccccc21. The van der Waals surface area contributed by atoms with Gasteiger partial charge in [-0.1, -0.05) is 103 Å². The number of carbonyl (C=O) groups excluding carboxylic acids is 2. The second-order valence-corrected chi connectivity index (χ2v) is 7.48. The molecule has 0 aliphatic heterocycles. The summed E-state index contributed by atoms with van der Waals surface area (Å²) in [5.74, 6) is -0.949. The normalized spacial score (nSPS) is 18.1. The third-order valence-corrected chi connectivity index (χ3v) is 5.73. The van der Waals surface area contributed by atoms with Gasteiger partial charge in [0, 0.05) is 5.56 Å². The predicted octanol–water partition coefficient (Wildman–Crippen LogP) is 5.56. The van der Waals surface area contributed by atoms with Gasteiger partial charge in [-0.2, -0.15) is 0 Å². The van der Waals surface area contributed by atoms with Crippen molar-refractivity contribution in [2.24, 2.45) is 4.99 Å². The first-order valence-corrected chi connectivity index (χ1v) is 10.2. The Kier molecular flexibility index (Phi) is 4.64. The third-order valence-electron chi connectivity index (χ3n) is 5.73. The maximum atomic E-state index is 13.9. The van der Waals surface area contributed by atoms with Crippen molar-refractivity contribution in [2.75, 3.05) is 0 Å². The fraction of sp³-hybridized carbons (Fsp3) is 0.0357. The van der Waals surface area contributed by atoms with E-state index < -0.39 is 17.0 Å². The molecule has 0 spiro atoms. The number of hydrogen-bond acceptors (Lipinski definition) is 3. The fourth-order valence-corrected chi connectivity index (χ4v) is 4.36. The number of hydrogen-bond donors (Lipinski definition) is 0. The van der Waals surface area contributed by atoms with Crippen LogP contribution in [0.15, 0.2) is 120 Å². The van der Waals surface area contributed by atoms with Crippen LogP contribution in [0.25, 0.3) is 0 Å². The molecule has 4 aromatic carbocycles. The molecule has 0 radical (unpaired) electrons. The molecule has 0 fully saturated rings. The maximum absolute atomic E-state index is 13.9. The van der Waals surface area contributed by atoms with Gasteiger partial charge in [0.1, 0.15) is 5.41 Å². The highest BCUT2D eigenvalue weighted by atomic mass is 16.2. The Labute approximate surface area is 180 Å². The van der Waals surface area contributed by atoms with Gasteiger partial charge in [-0.3, -0.25) is 14.6 Å². The van der Waals surface area contributed by atoms with Crippen molar-refractivity contribution in [1.29, 1.82) is 0 Å². The molecule has 3 heteroatoms. The number of para-hydroxylation sites is 1. The molecule has 0 heterocycles. The van der Waals surface area contributed by atoms with Gasteiger partial charge in [0.2, 0.25) is 11.6 Å². The molecule has 1 unspecified atom stereocenters. The zero-order valence-electron chi connectivity index (χ0n) is 16.7. The quantitative estimate of drug-likeness (QED) is 0.332. The number of rotatable bonds is 4. The number of nitrogens with zero attached hydrogens (tertiary/aromatic N) is 1. The highest BCUT2D eigenvalue weighted by Crippen LogP contribution is 2.45. The summed E-state index contributed by atoms with van der Waals surface area (Å²) in [6.07, 6.45) is 0. The van der Waals surface area contributed by atoms with Crippen molar-refractivity contribution in [2.45, 2.75) is 5.41 Å².